The van der Waals surface area contributed by atoms with Gasteiger partial charge in [-0.25, -0.2) is 0 Å². The molecule has 0 aliphatic heterocycles. The standard InChI is InChI=1S/C13H14BrNO5/c1-19-8-5-7(6-9(20-2)10(8)14)15-11(16)13(3-4-13)12(17)18/h5-6H,3-4H2,1-2H3,(H,15,16)(H,17,18). The van der Waals surface area contributed by atoms with Gasteiger partial charge in [-0.2, -0.15) is 0 Å². The summed E-state index contributed by atoms with van der Waals surface area (Å²) < 4.78 is 11.0. The normalized spacial score (nSPS) is 15.3. The van der Waals surface area contributed by atoms with Crippen molar-refractivity contribution in [3.8, 4) is 11.5 Å². The first kappa shape index (κ1) is 14.6. The average Bonchev–Trinajstić information content (AvgIpc) is 3.22. The van der Waals surface area contributed by atoms with Gasteiger partial charge in [-0.05, 0) is 28.8 Å². The van der Waals surface area contributed by atoms with Gasteiger partial charge < -0.3 is 19.9 Å². The molecule has 1 aliphatic carbocycles. The summed E-state index contributed by atoms with van der Waals surface area (Å²) in [5.74, 6) is -0.637. The van der Waals surface area contributed by atoms with Gasteiger partial charge in [0.2, 0.25) is 5.91 Å². The van der Waals surface area contributed by atoms with Gasteiger partial charge in [0.25, 0.3) is 0 Å². The predicted octanol–water partition coefficient (Wildman–Crippen LogP) is 2.27. The molecule has 2 rings (SSSR count). The van der Waals surface area contributed by atoms with E-state index < -0.39 is 17.3 Å². The number of rotatable bonds is 5. The fraction of sp³-hybridized carbons (Fsp3) is 0.385. The van der Waals surface area contributed by atoms with Crippen LogP contribution in [0.5, 0.6) is 11.5 Å². The fourth-order valence-electron chi connectivity index (χ4n) is 1.86. The van der Waals surface area contributed by atoms with Crippen molar-refractivity contribution in [1.82, 2.24) is 0 Å². The number of carboxylic acid groups (broad SMARTS) is 1. The van der Waals surface area contributed by atoms with Crippen molar-refractivity contribution in [2.75, 3.05) is 19.5 Å². The molecule has 0 unspecified atom stereocenters. The lowest BCUT2D eigenvalue weighted by Gasteiger charge is -2.14. The Labute approximate surface area is 124 Å². The monoisotopic (exact) mass is 343 g/mol. The first-order valence-electron chi connectivity index (χ1n) is 5.91. The highest BCUT2D eigenvalue weighted by atomic mass is 79.9. The van der Waals surface area contributed by atoms with Crippen molar-refractivity contribution in [1.29, 1.82) is 0 Å². The molecule has 0 saturated heterocycles. The molecule has 1 saturated carbocycles. The number of carbonyl (C=O) groups is 2. The lowest BCUT2D eigenvalue weighted by atomic mass is 10.1. The minimum atomic E-state index is -1.28. The van der Waals surface area contributed by atoms with Crippen molar-refractivity contribution in [3.05, 3.63) is 16.6 Å². The largest absolute Gasteiger partial charge is 0.495 e. The molecule has 108 valence electrons. The Morgan fingerprint density at radius 2 is 1.75 bits per heavy atom. The minimum Gasteiger partial charge on any atom is -0.495 e. The maximum atomic E-state index is 12.0. The van der Waals surface area contributed by atoms with E-state index in [-0.39, 0.29) is 0 Å². The third-order valence-electron chi connectivity index (χ3n) is 3.30. The highest BCUT2D eigenvalue weighted by Crippen LogP contribution is 2.47. The summed E-state index contributed by atoms with van der Waals surface area (Å²) in [6.45, 7) is 0. The quantitative estimate of drug-likeness (QED) is 0.801. The smallest absolute Gasteiger partial charge is 0.319 e. The van der Waals surface area contributed by atoms with E-state index in [0.29, 0.717) is 34.5 Å². The summed E-state index contributed by atoms with van der Waals surface area (Å²) in [5, 5.41) is 11.7. The number of hydrogen-bond acceptors (Lipinski definition) is 4. The van der Waals surface area contributed by atoms with Gasteiger partial charge in [0.05, 0.1) is 14.2 Å². The van der Waals surface area contributed by atoms with Gasteiger partial charge in [0.1, 0.15) is 21.4 Å². The fourth-order valence-corrected chi connectivity index (χ4v) is 2.41. The Morgan fingerprint density at radius 1 is 1.25 bits per heavy atom. The van der Waals surface area contributed by atoms with Crippen molar-refractivity contribution < 1.29 is 24.2 Å². The van der Waals surface area contributed by atoms with Crippen LogP contribution >= 0.6 is 15.9 Å². The first-order chi connectivity index (χ1) is 9.44. The van der Waals surface area contributed by atoms with Crippen LogP contribution in [0.3, 0.4) is 0 Å². The number of ether oxygens (including phenoxy) is 2. The van der Waals surface area contributed by atoms with E-state index in [2.05, 4.69) is 21.2 Å². The molecule has 20 heavy (non-hydrogen) atoms. The third-order valence-corrected chi connectivity index (χ3v) is 4.08. The van der Waals surface area contributed by atoms with Crippen LogP contribution in [0, 0.1) is 5.41 Å². The summed E-state index contributed by atoms with van der Waals surface area (Å²) in [6, 6.07) is 3.20. The summed E-state index contributed by atoms with van der Waals surface area (Å²) in [7, 11) is 2.98. The van der Waals surface area contributed by atoms with E-state index >= 15 is 0 Å². The van der Waals surface area contributed by atoms with E-state index in [9.17, 15) is 9.59 Å². The van der Waals surface area contributed by atoms with Gasteiger partial charge in [-0.15, -0.1) is 0 Å². The minimum absolute atomic E-state index is 0.360. The van der Waals surface area contributed by atoms with Crippen LogP contribution in [0.1, 0.15) is 12.8 Å². The number of benzene rings is 1. The lowest BCUT2D eigenvalue weighted by molar-refractivity contribution is -0.147. The molecular formula is C13H14BrNO5. The maximum Gasteiger partial charge on any atom is 0.319 e. The zero-order valence-electron chi connectivity index (χ0n) is 11.0. The second-order valence-corrected chi connectivity index (χ2v) is 5.33. The molecule has 6 nitrogen and oxygen atoms in total. The molecule has 0 bridgehead atoms. The SMILES string of the molecule is COc1cc(NC(=O)C2(C(=O)O)CC2)cc(OC)c1Br. The Bertz CT molecular complexity index is 543. The number of nitrogens with one attached hydrogen (secondary N) is 1. The van der Waals surface area contributed by atoms with E-state index in [1.54, 1.807) is 12.1 Å². The zero-order chi connectivity index (χ0) is 14.9. The number of methoxy groups -OCH3 is 2. The molecular weight excluding hydrogens is 330 g/mol. The highest BCUT2D eigenvalue weighted by molar-refractivity contribution is 9.10. The van der Waals surface area contributed by atoms with Crippen molar-refractivity contribution >= 4 is 33.5 Å². The molecule has 0 spiro atoms. The van der Waals surface area contributed by atoms with Gasteiger partial charge >= 0.3 is 5.97 Å². The summed E-state index contributed by atoms with van der Waals surface area (Å²) in [5.41, 5.74) is -0.854. The number of halogens is 1. The molecule has 0 radical (unpaired) electrons. The van der Waals surface area contributed by atoms with E-state index in [1.165, 1.54) is 14.2 Å². The van der Waals surface area contributed by atoms with Crippen LogP contribution in [0.2, 0.25) is 0 Å². The first-order valence-corrected chi connectivity index (χ1v) is 6.70. The third kappa shape index (κ3) is 2.45. The van der Waals surface area contributed by atoms with Gasteiger partial charge in [0, 0.05) is 17.8 Å². The molecule has 1 amide bonds. The number of carboxylic acids is 1. The van der Waals surface area contributed by atoms with E-state index in [0.717, 1.165) is 0 Å². The van der Waals surface area contributed by atoms with Crippen LogP contribution in [-0.2, 0) is 9.59 Å². The van der Waals surface area contributed by atoms with Crippen LogP contribution in [0.15, 0.2) is 16.6 Å². The molecule has 0 atom stereocenters. The average molecular weight is 344 g/mol. The summed E-state index contributed by atoms with van der Waals surface area (Å²) in [4.78, 5) is 23.1. The Morgan fingerprint density at radius 3 is 2.10 bits per heavy atom. The number of anilines is 1. The van der Waals surface area contributed by atoms with E-state index in [4.69, 9.17) is 14.6 Å². The number of carbonyl (C=O) groups excluding carboxylic acids is 1. The molecule has 7 heteroatoms. The maximum absolute atomic E-state index is 12.0. The topological polar surface area (TPSA) is 84.9 Å². The Kier molecular flexibility index (Phi) is 3.89. The van der Waals surface area contributed by atoms with Crippen LogP contribution < -0.4 is 14.8 Å². The second-order valence-electron chi connectivity index (χ2n) is 4.54. The Hall–Kier alpha value is -1.76. The summed E-state index contributed by atoms with van der Waals surface area (Å²) in [6.07, 6.45) is 0.720. The number of hydrogen-bond donors (Lipinski definition) is 2. The second kappa shape index (κ2) is 5.32. The molecule has 1 aromatic carbocycles. The van der Waals surface area contributed by atoms with Gasteiger partial charge in [-0.3, -0.25) is 9.59 Å². The predicted molar refractivity (Wildman–Crippen MR) is 75.2 cm³/mol. The van der Waals surface area contributed by atoms with Crippen LogP contribution in [0.25, 0.3) is 0 Å². The van der Waals surface area contributed by atoms with Crippen LogP contribution in [-0.4, -0.2) is 31.2 Å². The lowest BCUT2D eigenvalue weighted by Crippen LogP contribution is -2.31. The molecule has 0 aromatic heterocycles. The summed E-state index contributed by atoms with van der Waals surface area (Å²) >= 11 is 3.32. The molecule has 1 fully saturated rings. The molecule has 1 aliphatic rings. The van der Waals surface area contributed by atoms with Gasteiger partial charge in [-0.1, -0.05) is 0 Å². The zero-order valence-corrected chi connectivity index (χ0v) is 12.6. The highest BCUT2D eigenvalue weighted by Gasteiger charge is 2.57. The number of aliphatic carboxylic acids is 1. The van der Waals surface area contributed by atoms with E-state index in [1.807, 2.05) is 0 Å². The van der Waals surface area contributed by atoms with Crippen molar-refractivity contribution in [2.45, 2.75) is 12.8 Å². The molecule has 0 heterocycles. The molecule has 2 N–H and O–H groups in total. The van der Waals surface area contributed by atoms with Crippen molar-refractivity contribution in [2.24, 2.45) is 5.41 Å². The Balaban J connectivity index is 2.26. The van der Waals surface area contributed by atoms with Gasteiger partial charge in [0.15, 0.2) is 0 Å². The van der Waals surface area contributed by atoms with Crippen molar-refractivity contribution in [3.63, 3.8) is 0 Å². The van der Waals surface area contributed by atoms with Crippen LogP contribution in [0.4, 0.5) is 5.69 Å². The molecule has 1 aromatic rings. The number of amides is 1.